The van der Waals surface area contributed by atoms with Crippen LogP contribution in [0, 0.1) is 17.3 Å². The maximum Gasteiger partial charge on any atom is 0.0103 e. The van der Waals surface area contributed by atoms with Gasteiger partial charge in [0.2, 0.25) is 0 Å². The van der Waals surface area contributed by atoms with Crippen molar-refractivity contribution >= 4 is 11.8 Å². The molecule has 1 aliphatic rings. The molecule has 20 heavy (non-hydrogen) atoms. The highest BCUT2D eigenvalue weighted by molar-refractivity contribution is 7.99. The Morgan fingerprint density at radius 3 is 2.60 bits per heavy atom. The second kappa shape index (κ2) is 9.35. The Bertz CT molecular complexity index is 252. The molecule has 1 fully saturated rings. The normalized spacial score (nSPS) is 27.8. The highest BCUT2D eigenvalue weighted by Crippen LogP contribution is 2.43. The van der Waals surface area contributed by atoms with E-state index in [0.29, 0.717) is 5.41 Å². The number of hydrogen-bond donors (Lipinski definition) is 1. The Balaban J connectivity index is 2.53. The molecule has 0 bridgehead atoms. The summed E-state index contributed by atoms with van der Waals surface area (Å²) in [6.07, 6.45) is 8.28. The van der Waals surface area contributed by atoms with Gasteiger partial charge in [-0.05, 0) is 67.4 Å². The van der Waals surface area contributed by atoms with E-state index in [9.17, 15) is 0 Å². The first-order chi connectivity index (χ1) is 9.51. The van der Waals surface area contributed by atoms with Gasteiger partial charge in [0.1, 0.15) is 0 Å². The first-order valence-corrected chi connectivity index (χ1v) is 9.97. The summed E-state index contributed by atoms with van der Waals surface area (Å²) in [5.74, 6) is 4.39. The largest absolute Gasteiger partial charge is 0.314 e. The van der Waals surface area contributed by atoms with E-state index in [1.54, 1.807) is 0 Å². The standard InChI is InChI=1S/C18H37NS/c1-6-12-19-17-14-15(3)9-10-16(17)18(4,5)11-8-13-20-7-2/h15-17,19H,6-14H2,1-5H3. The fraction of sp³-hybridized carbons (Fsp3) is 1.00. The van der Waals surface area contributed by atoms with Gasteiger partial charge in [-0.1, -0.05) is 41.0 Å². The van der Waals surface area contributed by atoms with Crippen molar-refractivity contribution in [3.05, 3.63) is 0 Å². The third kappa shape index (κ3) is 5.97. The summed E-state index contributed by atoms with van der Waals surface area (Å²) in [6.45, 7) is 13.2. The lowest BCUT2D eigenvalue weighted by atomic mass is 9.64. The molecule has 0 aromatic carbocycles. The van der Waals surface area contributed by atoms with E-state index in [4.69, 9.17) is 0 Å². The summed E-state index contributed by atoms with van der Waals surface area (Å²) in [5, 5.41) is 3.85. The average molecular weight is 300 g/mol. The van der Waals surface area contributed by atoms with Crippen molar-refractivity contribution in [3.63, 3.8) is 0 Å². The highest BCUT2D eigenvalue weighted by Gasteiger charge is 2.38. The van der Waals surface area contributed by atoms with Crippen molar-refractivity contribution in [1.82, 2.24) is 5.32 Å². The van der Waals surface area contributed by atoms with Crippen LogP contribution in [0.3, 0.4) is 0 Å². The van der Waals surface area contributed by atoms with Crippen molar-refractivity contribution in [2.45, 2.75) is 79.2 Å². The highest BCUT2D eigenvalue weighted by atomic mass is 32.2. The Morgan fingerprint density at radius 2 is 1.95 bits per heavy atom. The maximum atomic E-state index is 3.85. The molecule has 1 rings (SSSR count). The van der Waals surface area contributed by atoms with E-state index in [0.717, 1.165) is 17.9 Å². The Kier molecular flexibility index (Phi) is 8.59. The van der Waals surface area contributed by atoms with Gasteiger partial charge in [0, 0.05) is 6.04 Å². The van der Waals surface area contributed by atoms with Gasteiger partial charge in [-0.3, -0.25) is 0 Å². The van der Waals surface area contributed by atoms with Gasteiger partial charge in [-0.2, -0.15) is 11.8 Å². The third-order valence-electron chi connectivity index (χ3n) is 5.09. The predicted molar refractivity (Wildman–Crippen MR) is 94.6 cm³/mol. The molecule has 0 aromatic heterocycles. The predicted octanol–water partition coefficient (Wildman–Crippen LogP) is 5.35. The molecule has 0 aliphatic heterocycles. The van der Waals surface area contributed by atoms with Crippen LogP contribution in [0.1, 0.15) is 73.1 Å². The first kappa shape index (κ1) is 18.4. The maximum absolute atomic E-state index is 3.85. The fourth-order valence-electron chi connectivity index (χ4n) is 3.83. The molecule has 1 aliphatic carbocycles. The van der Waals surface area contributed by atoms with Gasteiger partial charge >= 0.3 is 0 Å². The van der Waals surface area contributed by atoms with Gasteiger partial charge in [0.25, 0.3) is 0 Å². The number of thioether (sulfide) groups is 1. The summed E-state index contributed by atoms with van der Waals surface area (Å²) in [7, 11) is 0. The van der Waals surface area contributed by atoms with Gasteiger partial charge < -0.3 is 5.32 Å². The molecule has 0 amide bonds. The van der Waals surface area contributed by atoms with Gasteiger partial charge in [-0.25, -0.2) is 0 Å². The molecular weight excluding hydrogens is 262 g/mol. The minimum absolute atomic E-state index is 0.500. The molecule has 0 spiro atoms. The van der Waals surface area contributed by atoms with Crippen molar-refractivity contribution in [2.75, 3.05) is 18.1 Å². The minimum atomic E-state index is 0.500. The monoisotopic (exact) mass is 299 g/mol. The second-order valence-corrected chi connectivity index (χ2v) is 8.77. The zero-order chi connectivity index (χ0) is 15.0. The van der Waals surface area contributed by atoms with Gasteiger partial charge in [-0.15, -0.1) is 0 Å². The molecule has 1 nitrogen and oxygen atoms in total. The van der Waals surface area contributed by atoms with Crippen LogP contribution in [0.5, 0.6) is 0 Å². The Labute approximate surface area is 132 Å². The lowest BCUT2D eigenvalue weighted by Crippen LogP contribution is -2.47. The molecule has 120 valence electrons. The van der Waals surface area contributed by atoms with E-state index >= 15 is 0 Å². The van der Waals surface area contributed by atoms with Crippen LogP contribution in [0.2, 0.25) is 0 Å². The van der Waals surface area contributed by atoms with Crippen LogP contribution < -0.4 is 5.32 Å². The zero-order valence-corrected chi connectivity index (χ0v) is 15.3. The topological polar surface area (TPSA) is 12.0 Å². The van der Waals surface area contributed by atoms with E-state index in [1.807, 2.05) is 0 Å². The number of nitrogens with one attached hydrogen (secondary N) is 1. The van der Waals surface area contributed by atoms with E-state index in [1.165, 1.54) is 56.6 Å². The lowest BCUT2D eigenvalue weighted by Gasteiger charge is -2.45. The Hall–Kier alpha value is 0.310. The van der Waals surface area contributed by atoms with Crippen molar-refractivity contribution < 1.29 is 0 Å². The first-order valence-electron chi connectivity index (χ1n) is 8.82. The molecule has 1 N–H and O–H groups in total. The second-order valence-electron chi connectivity index (χ2n) is 7.37. The number of hydrogen-bond acceptors (Lipinski definition) is 2. The quantitative estimate of drug-likeness (QED) is 0.576. The van der Waals surface area contributed by atoms with Gasteiger partial charge in [0.15, 0.2) is 0 Å². The van der Waals surface area contributed by atoms with Crippen molar-refractivity contribution in [1.29, 1.82) is 0 Å². The molecule has 2 heteroatoms. The van der Waals surface area contributed by atoms with Crippen LogP contribution in [0.15, 0.2) is 0 Å². The van der Waals surface area contributed by atoms with Crippen LogP contribution in [0.4, 0.5) is 0 Å². The summed E-state index contributed by atoms with van der Waals surface area (Å²) in [4.78, 5) is 0. The number of rotatable bonds is 9. The van der Waals surface area contributed by atoms with Crippen molar-refractivity contribution in [2.24, 2.45) is 17.3 Å². The molecule has 0 heterocycles. The molecular formula is C18H37NS. The van der Waals surface area contributed by atoms with Crippen LogP contribution >= 0.6 is 11.8 Å². The molecule has 1 saturated carbocycles. The lowest BCUT2D eigenvalue weighted by molar-refractivity contribution is 0.0863. The summed E-state index contributed by atoms with van der Waals surface area (Å²) < 4.78 is 0. The molecule has 0 saturated heterocycles. The molecule has 0 aromatic rings. The zero-order valence-electron chi connectivity index (χ0n) is 14.5. The average Bonchev–Trinajstić information content (AvgIpc) is 2.41. The Morgan fingerprint density at radius 1 is 1.20 bits per heavy atom. The molecule has 0 radical (unpaired) electrons. The van der Waals surface area contributed by atoms with E-state index < -0.39 is 0 Å². The van der Waals surface area contributed by atoms with Crippen molar-refractivity contribution in [3.8, 4) is 0 Å². The van der Waals surface area contributed by atoms with Crippen LogP contribution in [0.25, 0.3) is 0 Å². The third-order valence-corrected chi connectivity index (χ3v) is 6.07. The smallest absolute Gasteiger partial charge is 0.0103 e. The van der Waals surface area contributed by atoms with E-state index in [-0.39, 0.29) is 0 Å². The molecule has 3 atom stereocenters. The van der Waals surface area contributed by atoms with E-state index in [2.05, 4.69) is 51.7 Å². The minimum Gasteiger partial charge on any atom is -0.314 e. The van der Waals surface area contributed by atoms with Crippen LogP contribution in [-0.4, -0.2) is 24.1 Å². The van der Waals surface area contributed by atoms with Gasteiger partial charge in [0.05, 0.1) is 0 Å². The summed E-state index contributed by atoms with van der Waals surface area (Å²) in [6, 6.07) is 0.757. The fourth-order valence-corrected chi connectivity index (χ4v) is 4.47. The molecule has 3 unspecified atom stereocenters. The summed E-state index contributed by atoms with van der Waals surface area (Å²) >= 11 is 2.09. The van der Waals surface area contributed by atoms with Crippen LogP contribution in [-0.2, 0) is 0 Å². The summed E-state index contributed by atoms with van der Waals surface area (Å²) in [5.41, 5.74) is 0.500. The SMILES string of the molecule is CCCNC1CC(C)CCC1C(C)(C)CCCSCC.